The van der Waals surface area contributed by atoms with Crippen LogP contribution in [-0.4, -0.2) is 39.9 Å². The lowest BCUT2D eigenvalue weighted by Crippen LogP contribution is -2.52. The number of anilines is 4. The van der Waals surface area contributed by atoms with Crippen molar-refractivity contribution in [2.45, 2.75) is 13.0 Å². The molecule has 1 fully saturated rings. The number of piperazine rings is 1. The minimum absolute atomic E-state index is 0.352. The van der Waals surface area contributed by atoms with Crippen LogP contribution in [0.5, 0.6) is 11.5 Å². The van der Waals surface area contributed by atoms with E-state index in [0.29, 0.717) is 17.4 Å². The minimum Gasteiger partial charge on any atom is -0.495 e. The molecule has 6 heteroatoms. The summed E-state index contributed by atoms with van der Waals surface area (Å²) < 4.78 is 10.7. The van der Waals surface area contributed by atoms with E-state index in [4.69, 9.17) is 20.9 Å². The molecule has 0 aromatic heterocycles. The van der Waals surface area contributed by atoms with E-state index < -0.39 is 0 Å². The second kappa shape index (κ2) is 7.01. The van der Waals surface area contributed by atoms with Gasteiger partial charge in [-0.1, -0.05) is 0 Å². The molecule has 0 spiro atoms. The van der Waals surface area contributed by atoms with Crippen LogP contribution in [0.15, 0.2) is 36.4 Å². The largest absolute Gasteiger partial charge is 0.495 e. The summed E-state index contributed by atoms with van der Waals surface area (Å²) in [5, 5.41) is 0. The highest BCUT2D eigenvalue weighted by molar-refractivity contribution is 5.65. The molecule has 0 saturated carbocycles. The molecule has 0 aliphatic carbocycles. The van der Waals surface area contributed by atoms with Gasteiger partial charge in [0.25, 0.3) is 0 Å². The van der Waals surface area contributed by atoms with Gasteiger partial charge in [0.05, 0.1) is 25.6 Å². The van der Waals surface area contributed by atoms with Gasteiger partial charge < -0.3 is 30.7 Å². The molecule has 1 heterocycles. The number of rotatable bonds is 4. The van der Waals surface area contributed by atoms with E-state index in [1.807, 2.05) is 30.3 Å². The highest BCUT2D eigenvalue weighted by Crippen LogP contribution is 2.32. The molecule has 3 rings (SSSR count). The van der Waals surface area contributed by atoms with Crippen molar-refractivity contribution in [2.75, 3.05) is 55.1 Å². The van der Waals surface area contributed by atoms with Gasteiger partial charge in [-0.3, -0.25) is 0 Å². The topological polar surface area (TPSA) is 77.0 Å². The number of benzene rings is 2. The second-order valence-corrected chi connectivity index (χ2v) is 6.34. The first-order chi connectivity index (χ1) is 12.0. The lowest BCUT2D eigenvalue weighted by molar-refractivity contribution is 0.416. The highest BCUT2D eigenvalue weighted by atomic mass is 16.5. The van der Waals surface area contributed by atoms with E-state index >= 15 is 0 Å². The Morgan fingerprint density at radius 3 is 2.00 bits per heavy atom. The smallest absolute Gasteiger partial charge is 0.143 e. The molecule has 1 atom stereocenters. The first-order valence-corrected chi connectivity index (χ1v) is 8.42. The summed E-state index contributed by atoms with van der Waals surface area (Å²) in [5.41, 5.74) is 15.4. The predicted octanol–water partition coefficient (Wildman–Crippen LogP) is 2.58. The number of nitrogens with two attached hydrogens (primary N) is 2. The Morgan fingerprint density at radius 1 is 0.880 bits per heavy atom. The van der Waals surface area contributed by atoms with E-state index in [0.717, 1.165) is 42.5 Å². The molecule has 0 radical (unpaired) electrons. The number of nitrogen functional groups attached to an aromatic ring is 2. The summed E-state index contributed by atoms with van der Waals surface area (Å²) in [6, 6.07) is 12.3. The van der Waals surface area contributed by atoms with Crippen LogP contribution in [-0.2, 0) is 0 Å². The number of nitrogens with zero attached hydrogens (tertiary/aromatic N) is 2. The van der Waals surface area contributed by atoms with E-state index in [1.165, 1.54) is 0 Å². The molecule has 6 nitrogen and oxygen atoms in total. The quantitative estimate of drug-likeness (QED) is 0.832. The number of hydrogen-bond acceptors (Lipinski definition) is 6. The van der Waals surface area contributed by atoms with Crippen molar-refractivity contribution in [3.63, 3.8) is 0 Å². The lowest BCUT2D eigenvalue weighted by Gasteiger charge is -2.42. The Morgan fingerprint density at radius 2 is 1.44 bits per heavy atom. The van der Waals surface area contributed by atoms with Gasteiger partial charge >= 0.3 is 0 Å². The van der Waals surface area contributed by atoms with Crippen LogP contribution in [0, 0.1) is 0 Å². The Bertz CT molecular complexity index is 750. The first-order valence-electron chi connectivity index (χ1n) is 8.42. The number of methoxy groups -OCH3 is 2. The van der Waals surface area contributed by atoms with Crippen LogP contribution < -0.4 is 30.7 Å². The third-order valence-corrected chi connectivity index (χ3v) is 4.76. The third-order valence-electron chi connectivity index (χ3n) is 4.76. The molecule has 2 aromatic carbocycles. The molecular weight excluding hydrogens is 316 g/mol. The minimum atomic E-state index is 0.352. The lowest BCUT2D eigenvalue weighted by atomic mass is 10.1. The van der Waals surface area contributed by atoms with Crippen molar-refractivity contribution >= 4 is 22.7 Å². The highest BCUT2D eigenvalue weighted by Gasteiger charge is 2.25. The molecule has 134 valence electrons. The van der Waals surface area contributed by atoms with Gasteiger partial charge in [0.15, 0.2) is 0 Å². The molecule has 0 bridgehead atoms. The Labute approximate surface area is 148 Å². The fourth-order valence-electron chi connectivity index (χ4n) is 3.35. The van der Waals surface area contributed by atoms with Crippen LogP contribution in [0.1, 0.15) is 6.92 Å². The molecule has 2 aromatic rings. The van der Waals surface area contributed by atoms with Crippen molar-refractivity contribution in [1.82, 2.24) is 0 Å². The molecule has 0 amide bonds. The average molecular weight is 342 g/mol. The van der Waals surface area contributed by atoms with Crippen LogP contribution >= 0.6 is 0 Å². The van der Waals surface area contributed by atoms with Crippen molar-refractivity contribution in [3.05, 3.63) is 36.4 Å². The zero-order chi connectivity index (χ0) is 18.0. The average Bonchev–Trinajstić information content (AvgIpc) is 2.62. The fraction of sp³-hybridized carbons (Fsp3) is 0.368. The number of ether oxygens (including phenoxy) is 2. The van der Waals surface area contributed by atoms with Crippen molar-refractivity contribution in [1.29, 1.82) is 0 Å². The first kappa shape index (κ1) is 17.1. The van der Waals surface area contributed by atoms with Gasteiger partial charge in [0, 0.05) is 49.2 Å². The van der Waals surface area contributed by atoms with Gasteiger partial charge in [-0.25, -0.2) is 0 Å². The van der Waals surface area contributed by atoms with Crippen LogP contribution in [0.4, 0.5) is 22.7 Å². The second-order valence-electron chi connectivity index (χ2n) is 6.34. The van der Waals surface area contributed by atoms with E-state index in [1.54, 1.807) is 14.2 Å². The zero-order valence-corrected chi connectivity index (χ0v) is 15.0. The normalized spacial score (nSPS) is 17.5. The SMILES string of the molecule is COc1cc(N2CCN(c3ccc(N)c(OC)c3)C(C)C2)ccc1N. The fourth-order valence-corrected chi connectivity index (χ4v) is 3.35. The summed E-state index contributed by atoms with van der Waals surface area (Å²) in [6.07, 6.45) is 0. The summed E-state index contributed by atoms with van der Waals surface area (Å²) in [5.74, 6) is 1.44. The Balaban J connectivity index is 1.76. The molecule has 1 unspecified atom stereocenters. The van der Waals surface area contributed by atoms with Crippen molar-refractivity contribution in [2.24, 2.45) is 0 Å². The van der Waals surface area contributed by atoms with E-state index in [9.17, 15) is 0 Å². The van der Waals surface area contributed by atoms with Gasteiger partial charge in [-0.05, 0) is 31.2 Å². The maximum Gasteiger partial charge on any atom is 0.143 e. The monoisotopic (exact) mass is 342 g/mol. The molecule has 1 saturated heterocycles. The standard InChI is InChI=1S/C19H26N4O2/c1-13-12-22(14-4-6-16(20)18(10-14)24-2)8-9-23(13)15-5-7-17(21)19(11-15)25-3/h4-7,10-11,13H,8-9,12,20-21H2,1-3H3. The van der Waals surface area contributed by atoms with Gasteiger partial charge in [-0.15, -0.1) is 0 Å². The summed E-state index contributed by atoms with van der Waals surface area (Å²) in [7, 11) is 3.29. The summed E-state index contributed by atoms with van der Waals surface area (Å²) in [6.45, 7) is 4.98. The van der Waals surface area contributed by atoms with Gasteiger partial charge in [0.2, 0.25) is 0 Å². The Kier molecular flexibility index (Phi) is 4.79. The molecule has 1 aliphatic rings. The molecule has 25 heavy (non-hydrogen) atoms. The van der Waals surface area contributed by atoms with E-state index in [2.05, 4.69) is 22.8 Å². The van der Waals surface area contributed by atoms with Crippen LogP contribution in [0.25, 0.3) is 0 Å². The molecular formula is C19H26N4O2. The van der Waals surface area contributed by atoms with E-state index in [-0.39, 0.29) is 0 Å². The van der Waals surface area contributed by atoms with Gasteiger partial charge in [0.1, 0.15) is 11.5 Å². The maximum atomic E-state index is 5.93. The maximum absolute atomic E-state index is 5.93. The van der Waals surface area contributed by atoms with Gasteiger partial charge in [-0.2, -0.15) is 0 Å². The third kappa shape index (κ3) is 3.38. The predicted molar refractivity (Wildman–Crippen MR) is 104 cm³/mol. The Hall–Kier alpha value is -2.76. The zero-order valence-electron chi connectivity index (χ0n) is 15.0. The number of hydrogen-bond donors (Lipinski definition) is 2. The summed E-state index contributed by atoms with van der Waals surface area (Å²) >= 11 is 0. The van der Waals surface area contributed by atoms with Crippen LogP contribution in [0.2, 0.25) is 0 Å². The molecule has 4 N–H and O–H groups in total. The summed E-state index contributed by atoms with van der Waals surface area (Å²) in [4.78, 5) is 4.74. The van der Waals surface area contributed by atoms with Crippen molar-refractivity contribution in [3.8, 4) is 11.5 Å². The van der Waals surface area contributed by atoms with Crippen LogP contribution in [0.3, 0.4) is 0 Å². The molecule has 1 aliphatic heterocycles. The van der Waals surface area contributed by atoms with Crippen molar-refractivity contribution < 1.29 is 9.47 Å².